The molecule has 0 saturated carbocycles. The number of carbonyl (C=O) groups is 2. The molecule has 0 aliphatic carbocycles. The van der Waals surface area contributed by atoms with Crippen LogP contribution >= 0.6 is 0 Å². The van der Waals surface area contributed by atoms with Crippen molar-refractivity contribution in [1.29, 1.82) is 0 Å². The molecular formula is C23H43NNaO9+. The van der Waals surface area contributed by atoms with Gasteiger partial charge in [0.2, 0.25) is 0 Å². The van der Waals surface area contributed by atoms with Crippen molar-refractivity contribution in [2.75, 3.05) is 54.1 Å². The second-order valence-electron chi connectivity index (χ2n) is 6.89. The smallest absolute Gasteiger partial charge is 0.870 e. The van der Waals surface area contributed by atoms with E-state index in [0.717, 1.165) is 12.2 Å². The molecule has 0 amide bonds. The Morgan fingerprint density at radius 1 is 0.912 bits per heavy atom. The summed E-state index contributed by atoms with van der Waals surface area (Å²) in [6.07, 6.45) is 4.32. The molecule has 11 heteroatoms. The molecule has 0 rings (SSSR count). The van der Waals surface area contributed by atoms with Gasteiger partial charge in [-0.05, 0) is 13.8 Å². The Kier molecular flexibility index (Phi) is 36.9. The number of nitrogens with zero attached hydrogens (tertiary/aromatic N) is 1. The SMILES string of the molecule is C.C=CCOC(=C)CC.C=CCOC(C[N+](C)(C)C)(C(=O)OCC)C(=O)OCC.O=C=O.[Na+].[OH-]. The zero-order valence-corrected chi connectivity index (χ0v) is 23.2. The monoisotopic (exact) mass is 500 g/mol. The first-order valence-corrected chi connectivity index (χ1v) is 9.76. The van der Waals surface area contributed by atoms with Gasteiger partial charge in [-0.15, -0.1) is 6.58 Å². The first-order valence-electron chi connectivity index (χ1n) is 9.76. The zero-order chi connectivity index (χ0) is 24.9. The van der Waals surface area contributed by atoms with E-state index in [-0.39, 0.29) is 75.0 Å². The fourth-order valence-electron chi connectivity index (χ4n) is 2.02. The molecule has 0 aliphatic heterocycles. The molecule has 0 aromatic rings. The van der Waals surface area contributed by atoms with Crippen molar-refractivity contribution >= 4 is 18.1 Å². The van der Waals surface area contributed by atoms with Crippen LogP contribution in [0.4, 0.5) is 0 Å². The Bertz CT molecular complexity index is 578. The van der Waals surface area contributed by atoms with Crippen LogP contribution in [0.25, 0.3) is 0 Å². The molecule has 0 saturated heterocycles. The second kappa shape index (κ2) is 27.5. The number of carbonyl (C=O) groups excluding carboxylic acids is 4. The van der Waals surface area contributed by atoms with Crippen LogP contribution in [0.15, 0.2) is 37.6 Å². The molecule has 0 atom stereocenters. The molecule has 0 fully saturated rings. The van der Waals surface area contributed by atoms with Gasteiger partial charge in [0.05, 0.1) is 46.7 Å². The fourth-order valence-corrected chi connectivity index (χ4v) is 2.02. The second-order valence-corrected chi connectivity index (χ2v) is 6.89. The van der Waals surface area contributed by atoms with E-state index in [2.05, 4.69) is 19.7 Å². The molecule has 34 heavy (non-hydrogen) atoms. The van der Waals surface area contributed by atoms with Crippen molar-refractivity contribution in [3.8, 4) is 0 Å². The molecule has 0 aliphatic rings. The van der Waals surface area contributed by atoms with Gasteiger partial charge < -0.3 is 28.9 Å². The summed E-state index contributed by atoms with van der Waals surface area (Å²) in [5, 5.41) is 0. The Morgan fingerprint density at radius 2 is 1.29 bits per heavy atom. The largest absolute Gasteiger partial charge is 1.00 e. The van der Waals surface area contributed by atoms with Crippen LogP contribution < -0.4 is 29.6 Å². The molecule has 0 unspecified atom stereocenters. The van der Waals surface area contributed by atoms with Gasteiger partial charge in [-0.25, -0.2) is 9.59 Å². The molecule has 1 N–H and O–H groups in total. The molecule has 0 bridgehead atoms. The summed E-state index contributed by atoms with van der Waals surface area (Å²) in [6.45, 7) is 17.1. The van der Waals surface area contributed by atoms with Crippen molar-refractivity contribution in [2.45, 2.75) is 40.2 Å². The summed E-state index contributed by atoms with van der Waals surface area (Å²) < 4.78 is 20.9. The summed E-state index contributed by atoms with van der Waals surface area (Å²) in [4.78, 5) is 40.8. The molecule has 0 aromatic heterocycles. The standard InChI is InChI=1S/C14H26NO5.C7H12O.CO2.CH4.Na.H2O/c1-7-10-20-14(11-15(4,5)6,12(16)18-8-2)13(17)19-9-3;1-4-6-8-7(3)5-2;2-1-3;;;/h7H,1,8-11H2,2-6H3;4H,1,3,5-6H2,2H3;;1H4;;1H2/q+1;;;;+1;/p-1. The van der Waals surface area contributed by atoms with Gasteiger partial charge in [-0.2, -0.15) is 9.59 Å². The topological polar surface area (TPSA) is 135 Å². The van der Waals surface area contributed by atoms with E-state index in [4.69, 9.17) is 28.5 Å². The van der Waals surface area contributed by atoms with Crippen LogP contribution in [-0.2, 0) is 38.1 Å². The van der Waals surface area contributed by atoms with Crippen LogP contribution in [0.5, 0.6) is 0 Å². The summed E-state index contributed by atoms with van der Waals surface area (Å²) in [5.74, 6) is -0.633. The minimum atomic E-state index is -1.77. The van der Waals surface area contributed by atoms with E-state index in [9.17, 15) is 9.59 Å². The molecular weight excluding hydrogens is 457 g/mol. The Balaban J connectivity index is -0.000000118. The maximum Gasteiger partial charge on any atom is 1.00 e. The Hall–Kier alpha value is -1.78. The van der Waals surface area contributed by atoms with Gasteiger partial charge in [-0.1, -0.05) is 39.7 Å². The third kappa shape index (κ3) is 23.4. The predicted molar refractivity (Wildman–Crippen MR) is 124 cm³/mol. The zero-order valence-electron chi connectivity index (χ0n) is 21.2. The molecule has 0 aromatic carbocycles. The van der Waals surface area contributed by atoms with Crippen LogP contribution in [0.1, 0.15) is 34.6 Å². The van der Waals surface area contributed by atoms with Crippen molar-refractivity contribution in [3.63, 3.8) is 0 Å². The summed E-state index contributed by atoms with van der Waals surface area (Å²) in [7, 11) is 5.55. The van der Waals surface area contributed by atoms with Crippen molar-refractivity contribution in [3.05, 3.63) is 37.6 Å². The number of quaternary nitrogens is 1. The average molecular weight is 501 g/mol. The molecule has 0 radical (unpaired) electrons. The van der Waals surface area contributed by atoms with Crippen LogP contribution in [0, 0.1) is 0 Å². The maximum absolute atomic E-state index is 12.3. The Labute approximate surface area is 227 Å². The van der Waals surface area contributed by atoms with E-state index < -0.39 is 17.5 Å². The van der Waals surface area contributed by atoms with E-state index in [0.29, 0.717) is 11.1 Å². The predicted octanol–water partition coefficient (Wildman–Crippen LogP) is -0.247. The minimum absolute atomic E-state index is 0. The summed E-state index contributed by atoms with van der Waals surface area (Å²) in [6, 6.07) is 0. The molecule has 10 nitrogen and oxygen atoms in total. The minimum Gasteiger partial charge on any atom is -0.870 e. The van der Waals surface area contributed by atoms with Gasteiger partial charge in [0, 0.05) is 6.42 Å². The van der Waals surface area contributed by atoms with Crippen LogP contribution in [0.2, 0.25) is 0 Å². The first-order chi connectivity index (χ1) is 14.5. The Morgan fingerprint density at radius 3 is 1.56 bits per heavy atom. The van der Waals surface area contributed by atoms with Crippen molar-refractivity contribution in [1.82, 2.24) is 0 Å². The van der Waals surface area contributed by atoms with E-state index in [1.54, 1.807) is 19.9 Å². The maximum atomic E-state index is 12.3. The third-order valence-corrected chi connectivity index (χ3v) is 3.15. The molecule has 194 valence electrons. The van der Waals surface area contributed by atoms with Gasteiger partial charge in [0.25, 0.3) is 0 Å². The number of likely N-dealkylation sites (N-methyl/N-ethyl adjacent to an activating group) is 1. The molecule has 0 spiro atoms. The van der Waals surface area contributed by atoms with E-state index in [1.165, 1.54) is 6.08 Å². The average Bonchev–Trinajstić information content (AvgIpc) is 2.69. The fraction of sp³-hybridized carbons (Fsp3) is 0.609. The number of allylic oxidation sites excluding steroid dienone is 1. The number of ether oxygens (including phenoxy) is 4. The summed E-state index contributed by atoms with van der Waals surface area (Å²) >= 11 is 0. The van der Waals surface area contributed by atoms with Crippen molar-refractivity contribution in [2.24, 2.45) is 0 Å². The number of rotatable bonds is 13. The quantitative estimate of drug-likeness (QED) is 0.0838. The third-order valence-electron chi connectivity index (χ3n) is 3.15. The van der Waals surface area contributed by atoms with Gasteiger partial charge in [0.15, 0.2) is 0 Å². The van der Waals surface area contributed by atoms with E-state index in [1.807, 2.05) is 28.1 Å². The van der Waals surface area contributed by atoms with E-state index >= 15 is 0 Å². The van der Waals surface area contributed by atoms with Crippen LogP contribution in [-0.4, -0.2) is 87.8 Å². The normalized spacial score (nSPS) is 9.12. The van der Waals surface area contributed by atoms with Gasteiger partial charge in [-0.3, -0.25) is 0 Å². The van der Waals surface area contributed by atoms with Gasteiger partial charge in [0.1, 0.15) is 13.2 Å². The number of hydrogen-bond donors (Lipinski definition) is 0. The number of hydrogen-bond acceptors (Lipinski definition) is 9. The molecule has 0 heterocycles. The van der Waals surface area contributed by atoms with Crippen molar-refractivity contribution < 1.29 is 77.6 Å². The van der Waals surface area contributed by atoms with Crippen LogP contribution in [0.3, 0.4) is 0 Å². The first kappa shape index (κ1) is 45.7. The summed E-state index contributed by atoms with van der Waals surface area (Å²) in [5.41, 5.74) is -1.77. The van der Waals surface area contributed by atoms with Gasteiger partial charge >= 0.3 is 53.2 Å². The number of esters is 2.